The molecule has 0 amide bonds. The van der Waals surface area contributed by atoms with Crippen LogP contribution in [0.4, 0.5) is 4.39 Å². The molecule has 0 radical (unpaired) electrons. The van der Waals surface area contributed by atoms with Crippen LogP contribution in [0.3, 0.4) is 0 Å². The van der Waals surface area contributed by atoms with Crippen LogP contribution in [-0.4, -0.2) is 30.4 Å². The molecule has 8 nitrogen and oxygen atoms in total. The molecule has 0 unspecified atom stereocenters. The van der Waals surface area contributed by atoms with Crippen LogP contribution in [-0.2, 0) is 18.6 Å². The smallest absolute Gasteiger partial charge is 0.232 e. The molecule has 0 spiro atoms. The molecule has 34 heavy (non-hydrogen) atoms. The fourth-order valence-electron chi connectivity index (χ4n) is 4.57. The molecule has 1 aromatic carbocycles. The van der Waals surface area contributed by atoms with Gasteiger partial charge in [-0.3, -0.25) is 4.99 Å². The normalized spacial score (nSPS) is 23.4. The number of pyridine rings is 1. The van der Waals surface area contributed by atoms with Crippen molar-refractivity contribution >= 4 is 28.0 Å². The van der Waals surface area contributed by atoms with Crippen molar-refractivity contribution in [3.8, 4) is 5.75 Å². The second-order valence-corrected chi connectivity index (χ2v) is 9.92. The molecule has 1 fully saturated rings. The highest BCUT2D eigenvalue weighted by atomic mass is 32.2. The lowest BCUT2D eigenvalue weighted by atomic mass is 9.85. The average molecular weight is 477 g/mol. The number of fused-ring (bicyclic) bond motifs is 2. The Balaban J connectivity index is 1.28. The Morgan fingerprint density at radius 3 is 3.00 bits per heavy atom. The van der Waals surface area contributed by atoms with Crippen molar-refractivity contribution in [1.82, 2.24) is 19.9 Å². The molecule has 172 valence electrons. The van der Waals surface area contributed by atoms with Gasteiger partial charge in [0, 0.05) is 29.2 Å². The largest absolute Gasteiger partial charge is 0.482 e. The lowest BCUT2D eigenvalue weighted by Crippen LogP contribution is -2.31. The van der Waals surface area contributed by atoms with Crippen LogP contribution in [0.2, 0.25) is 0 Å². The van der Waals surface area contributed by atoms with Crippen molar-refractivity contribution in [2.24, 2.45) is 16.6 Å². The van der Waals surface area contributed by atoms with Gasteiger partial charge in [0.1, 0.15) is 29.7 Å². The van der Waals surface area contributed by atoms with Gasteiger partial charge in [0.25, 0.3) is 0 Å². The van der Waals surface area contributed by atoms with E-state index in [0.717, 1.165) is 17.7 Å². The maximum absolute atomic E-state index is 14.9. The van der Waals surface area contributed by atoms with Crippen molar-refractivity contribution in [3.63, 3.8) is 0 Å². The summed E-state index contributed by atoms with van der Waals surface area (Å²) in [6.07, 6.45) is 7.66. The monoisotopic (exact) mass is 476 g/mol. The van der Waals surface area contributed by atoms with Crippen molar-refractivity contribution in [1.29, 1.82) is 0 Å². The fourth-order valence-corrected chi connectivity index (χ4v) is 5.85. The summed E-state index contributed by atoms with van der Waals surface area (Å²) >= 11 is 1.59. The highest BCUT2D eigenvalue weighted by molar-refractivity contribution is 8.14. The lowest BCUT2D eigenvalue weighted by Gasteiger charge is -2.30. The number of aliphatic imine (C=N–C) groups is 1. The maximum Gasteiger partial charge on any atom is 0.232 e. The number of aromatic nitrogens is 4. The Kier molecular flexibility index (Phi) is 4.98. The van der Waals surface area contributed by atoms with Gasteiger partial charge in [-0.25, -0.2) is 24.3 Å². The fraction of sp³-hybridized carbons (Fsp3) is 0.292. The zero-order valence-corrected chi connectivity index (χ0v) is 19.1. The molecular weight excluding hydrogens is 455 g/mol. The van der Waals surface area contributed by atoms with E-state index in [2.05, 4.69) is 24.9 Å². The second kappa shape index (κ2) is 8.05. The summed E-state index contributed by atoms with van der Waals surface area (Å²) in [5.74, 6) is 1.06. The van der Waals surface area contributed by atoms with E-state index in [-0.39, 0.29) is 12.4 Å². The Morgan fingerprint density at radius 2 is 2.15 bits per heavy atom. The predicted octanol–water partition coefficient (Wildman–Crippen LogP) is 3.99. The average Bonchev–Trinajstić information content (AvgIpc) is 3.42. The molecule has 1 aliphatic carbocycles. The number of hydrogen-bond donors (Lipinski definition) is 1. The first-order valence-corrected chi connectivity index (χ1v) is 11.8. The van der Waals surface area contributed by atoms with Gasteiger partial charge in [0.15, 0.2) is 11.8 Å². The van der Waals surface area contributed by atoms with Crippen molar-refractivity contribution in [2.45, 2.75) is 37.2 Å². The van der Waals surface area contributed by atoms with E-state index in [0.29, 0.717) is 51.0 Å². The minimum absolute atomic E-state index is 0.197. The Morgan fingerprint density at radius 1 is 1.24 bits per heavy atom. The predicted molar refractivity (Wildman–Crippen MR) is 126 cm³/mol. The van der Waals surface area contributed by atoms with Gasteiger partial charge in [0.05, 0.1) is 29.1 Å². The maximum atomic E-state index is 14.9. The third-order valence-corrected chi connectivity index (χ3v) is 7.54. The van der Waals surface area contributed by atoms with E-state index >= 15 is 0 Å². The summed E-state index contributed by atoms with van der Waals surface area (Å²) in [7, 11) is 0. The third-order valence-electron chi connectivity index (χ3n) is 6.39. The number of ether oxygens (including phenoxy) is 1. The molecule has 1 aliphatic heterocycles. The molecule has 2 aliphatic rings. The molecule has 3 aromatic heterocycles. The number of hydrogen-bond acceptors (Lipinski definition) is 9. The topological polar surface area (TPSA) is 112 Å². The first kappa shape index (κ1) is 21.0. The van der Waals surface area contributed by atoms with Gasteiger partial charge in [-0.1, -0.05) is 23.9 Å². The Hall–Kier alpha value is -3.53. The quantitative estimate of drug-likeness (QED) is 0.445. The molecular formula is C24H21FN6O2S. The van der Waals surface area contributed by atoms with E-state index in [1.165, 1.54) is 18.7 Å². The molecule has 6 rings (SSSR count). The molecule has 4 aromatic rings. The van der Waals surface area contributed by atoms with Gasteiger partial charge in [-0.15, -0.1) is 0 Å². The Labute approximate surface area is 198 Å². The molecule has 0 bridgehead atoms. The summed E-state index contributed by atoms with van der Waals surface area (Å²) in [5, 5.41) is 0.943. The standard InChI is InChI=1S/C24H21FN6O2S/c1-24(16-9-20(16)34-23(26)31-24)15-6-13(2-3-17(15)25)7-18-22-19(30-12-29-18)8-14(10-28-22)33-11-21-27-4-5-32-21/h2-6,8,10,12,16,20H,7,9,11H2,1H3,(H2,26,31)/t16-,20+,24-/m1/s1. The van der Waals surface area contributed by atoms with Crippen LogP contribution >= 0.6 is 11.8 Å². The number of oxazole rings is 1. The van der Waals surface area contributed by atoms with E-state index in [4.69, 9.17) is 14.9 Å². The van der Waals surface area contributed by atoms with E-state index < -0.39 is 5.54 Å². The van der Waals surface area contributed by atoms with E-state index in [1.54, 1.807) is 36.3 Å². The minimum Gasteiger partial charge on any atom is -0.482 e. The van der Waals surface area contributed by atoms with Crippen molar-refractivity contribution < 1.29 is 13.5 Å². The van der Waals surface area contributed by atoms with Gasteiger partial charge < -0.3 is 14.9 Å². The van der Waals surface area contributed by atoms with Crippen LogP contribution in [0.15, 0.2) is 58.7 Å². The van der Waals surface area contributed by atoms with Gasteiger partial charge in [-0.2, -0.15) is 0 Å². The van der Waals surface area contributed by atoms with Gasteiger partial charge in [-0.05, 0) is 25.0 Å². The van der Waals surface area contributed by atoms with Crippen LogP contribution in [0.25, 0.3) is 11.0 Å². The summed E-state index contributed by atoms with van der Waals surface area (Å²) in [6.45, 7) is 2.18. The van der Waals surface area contributed by atoms with Gasteiger partial charge >= 0.3 is 0 Å². The molecule has 10 heteroatoms. The second-order valence-electron chi connectivity index (χ2n) is 8.66. The number of nitrogens with two attached hydrogens (primary N) is 1. The first-order valence-electron chi connectivity index (χ1n) is 10.9. The summed E-state index contributed by atoms with van der Waals surface area (Å²) in [4.78, 5) is 22.0. The number of amidine groups is 1. The number of halogens is 1. The van der Waals surface area contributed by atoms with Crippen LogP contribution in [0.1, 0.15) is 36.1 Å². The third kappa shape index (κ3) is 3.77. The summed E-state index contributed by atoms with van der Waals surface area (Å²) in [5.41, 5.74) is 8.97. The van der Waals surface area contributed by atoms with Gasteiger partial charge in [0.2, 0.25) is 5.89 Å². The lowest BCUT2D eigenvalue weighted by molar-refractivity contribution is 0.262. The SMILES string of the molecule is C[C@]1(c2cc(Cc3ncnc4cc(OCc5ncco5)cnc34)ccc2F)N=C(N)S[C@H]2C[C@H]21. The highest BCUT2D eigenvalue weighted by Gasteiger charge is 2.55. The minimum atomic E-state index is -0.652. The molecule has 3 atom stereocenters. The summed E-state index contributed by atoms with van der Waals surface area (Å²) < 4.78 is 25.8. The summed E-state index contributed by atoms with van der Waals surface area (Å²) in [6, 6.07) is 6.97. The number of nitrogens with zero attached hydrogens (tertiary/aromatic N) is 5. The van der Waals surface area contributed by atoms with Crippen molar-refractivity contribution in [3.05, 3.63) is 77.8 Å². The highest BCUT2D eigenvalue weighted by Crippen LogP contribution is 2.57. The van der Waals surface area contributed by atoms with E-state index in [9.17, 15) is 4.39 Å². The van der Waals surface area contributed by atoms with Crippen LogP contribution in [0, 0.1) is 11.7 Å². The number of rotatable bonds is 6. The Bertz CT molecular complexity index is 1410. The van der Waals surface area contributed by atoms with Crippen molar-refractivity contribution in [2.75, 3.05) is 0 Å². The first-order chi connectivity index (χ1) is 16.5. The molecule has 0 saturated heterocycles. The number of thioether (sulfide) groups is 1. The number of benzene rings is 1. The molecule has 2 N–H and O–H groups in total. The zero-order valence-electron chi connectivity index (χ0n) is 18.3. The molecule has 1 saturated carbocycles. The molecule has 4 heterocycles. The van der Waals surface area contributed by atoms with E-state index in [1.807, 2.05) is 13.0 Å². The van der Waals surface area contributed by atoms with Crippen LogP contribution < -0.4 is 10.5 Å². The zero-order chi connectivity index (χ0) is 23.3. The van der Waals surface area contributed by atoms with Crippen LogP contribution in [0.5, 0.6) is 5.75 Å².